The summed E-state index contributed by atoms with van der Waals surface area (Å²) in [6, 6.07) is 5.54. The summed E-state index contributed by atoms with van der Waals surface area (Å²) in [5.74, 6) is -2.84. The maximum atomic E-state index is 13.1. The number of hydrogen-bond donors (Lipinski definition) is 2. The van der Waals surface area contributed by atoms with Crippen molar-refractivity contribution in [3.63, 3.8) is 0 Å². The second kappa shape index (κ2) is 5.89. The van der Waals surface area contributed by atoms with Crippen molar-refractivity contribution in [3.8, 4) is 5.75 Å². The number of anilines is 1. The summed E-state index contributed by atoms with van der Waals surface area (Å²) in [5, 5.41) is 12.4. The van der Waals surface area contributed by atoms with E-state index >= 15 is 0 Å². The van der Waals surface area contributed by atoms with Crippen molar-refractivity contribution < 1.29 is 19.1 Å². The maximum absolute atomic E-state index is 13.1. The van der Waals surface area contributed by atoms with Crippen LogP contribution < -0.4 is 16.3 Å². The van der Waals surface area contributed by atoms with Gasteiger partial charge in [-0.15, -0.1) is 0 Å². The van der Waals surface area contributed by atoms with Crippen LogP contribution in [-0.2, 0) is 17.9 Å². The molecule has 9 nitrogen and oxygen atoms in total. The highest BCUT2D eigenvalue weighted by Crippen LogP contribution is 2.23. The van der Waals surface area contributed by atoms with Crippen LogP contribution in [0.3, 0.4) is 0 Å². The Kier molecular flexibility index (Phi) is 3.87. The molecule has 0 radical (unpaired) electrons. The first kappa shape index (κ1) is 16.4. The van der Waals surface area contributed by atoms with E-state index in [0.717, 1.165) is 4.57 Å². The maximum Gasteiger partial charge on any atom is 0.298 e. The van der Waals surface area contributed by atoms with Gasteiger partial charge in [0.05, 0.1) is 6.54 Å². The fourth-order valence-corrected chi connectivity index (χ4v) is 2.49. The Morgan fingerprint density at radius 2 is 1.96 bits per heavy atom. The molecule has 2 heterocycles. The number of halogens is 1. The number of hydrazine groups is 1. The van der Waals surface area contributed by atoms with Crippen LogP contribution >= 0.6 is 0 Å². The SMILES string of the molecule is CN1C(=O)Cn2c(nc(C(N)=O)c(O)c2=O)N1Cc1ccc(F)cc1. The minimum absolute atomic E-state index is 0.0250. The highest BCUT2D eigenvalue weighted by molar-refractivity contribution is 5.93. The number of primary amides is 1. The lowest BCUT2D eigenvalue weighted by molar-refractivity contribution is -0.132. The van der Waals surface area contributed by atoms with E-state index < -0.39 is 34.6 Å². The third-order valence-corrected chi connectivity index (χ3v) is 3.85. The zero-order valence-electron chi connectivity index (χ0n) is 13.1. The predicted molar refractivity (Wildman–Crippen MR) is 84.0 cm³/mol. The molecular formula is C15H14FN5O4. The molecule has 0 saturated carbocycles. The van der Waals surface area contributed by atoms with Crippen LogP contribution in [0.2, 0.25) is 0 Å². The molecule has 1 aliphatic heterocycles. The van der Waals surface area contributed by atoms with Crippen LogP contribution in [0.1, 0.15) is 16.1 Å². The monoisotopic (exact) mass is 347 g/mol. The first-order chi connectivity index (χ1) is 11.8. The van der Waals surface area contributed by atoms with Crippen LogP contribution in [0.4, 0.5) is 10.3 Å². The molecule has 25 heavy (non-hydrogen) atoms. The number of carbonyl (C=O) groups is 2. The van der Waals surface area contributed by atoms with E-state index in [0.29, 0.717) is 5.56 Å². The van der Waals surface area contributed by atoms with Crippen molar-refractivity contribution in [2.24, 2.45) is 5.73 Å². The van der Waals surface area contributed by atoms with Gasteiger partial charge in [-0.05, 0) is 17.7 Å². The van der Waals surface area contributed by atoms with Crippen LogP contribution in [-0.4, -0.2) is 38.5 Å². The standard InChI is InChI=1S/C15H14FN5O4/c1-19-10(22)7-20-14(25)12(23)11(13(17)24)18-15(20)21(19)6-8-2-4-9(16)5-3-8/h2-5,23H,6-7H2,1H3,(H2,17,24). The molecule has 0 bridgehead atoms. The van der Waals surface area contributed by atoms with Gasteiger partial charge in [-0.1, -0.05) is 12.1 Å². The highest BCUT2D eigenvalue weighted by Gasteiger charge is 2.32. The Bertz CT molecular complexity index is 925. The Morgan fingerprint density at radius 1 is 1.32 bits per heavy atom. The summed E-state index contributed by atoms with van der Waals surface area (Å²) in [6.45, 7) is -0.262. The van der Waals surface area contributed by atoms with Gasteiger partial charge in [0.2, 0.25) is 11.7 Å². The molecule has 0 saturated heterocycles. The summed E-state index contributed by atoms with van der Waals surface area (Å²) < 4.78 is 14.0. The molecule has 2 amide bonds. The van der Waals surface area contributed by atoms with Gasteiger partial charge >= 0.3 is 0 Å². The van der Waals surface area contributed by atoms with Gasteiger partial charge in [-0.25, -0.2) is 14.4 Å². The number of benzene rings is 1. The molecule has 1 aliphatic rings. The van der Waals surface area contributed by atoms with Crippen molar-refractivity contribution >= 4 is 17.8 Å². The Labute approximate surface area is 140 Å². The van der Waals surface area contributed by atoms with Crippen molar-refractivity contribution in [3.05, 3.63) is 51.7 Å². The zero-order chi connectivity index (χ0) is 18.3. The molecule has 2 aromatic rings. The van der Waals surface area contributed by atoms with Gasteiger partial charge in [0.25, 0.3) is 17.4 Å². The van der Waals surface area contributed by atoms with Crippen LogP contribution in [0.5, 0.6) is 5.75 Å². The summed E-state index contributed by atoms with van der Waals surface area (Å²) in [5.41, 5.74) is 4.26. The van der Waals surface area contributed by atoms with E-state index in [1.165, 1.54) is 41.3 Å². The predicted octanol–water partition coefficient (Wildman–Crippen LogP) is -0.419. The quantitative estimate of drug-likeness (QED) is 0.778. The topological polar surface area (TPSA) is 122 Å². The molecule has 3 N–H and O–H groups in total. The molecule has 10 heteroatoms. The van der Waals surface area contributed by atoms with E-state index in [1.807, 2.05) is 0 Å². The average molecular weight is 347 g/mol. The summed E-state index contributed by atoms with van der Waals surface area (Å²) in [6.07, 6.45) is 0. The molecule has 0 aliphatic carbocycles. The number of rotatable bonds is 3. The number of fused-ring (bicyclic) bond motifs is 1. The van der Waals surface area contributed by atoms with E-state index in [2.05, 4.69) is 4.98 Å². The number of aromatic nitrogens is 2. The van der Waals surface area contributed by atoms with Crippen LogP contribution in [0.25, 0.3) is 0 Å². The molecule has 130 valence electrons. The van der Waals surface area contributed by atoms with E-state index in [4.69, 9.17) is 5.73 Å². The normalized spacial score (nSPS) is 13.8. The largest absolute Gasteiger partial charge is 0.501 e. The second-order valence-electron chi connectivity index (χ2n) is 5.47. The van der Waals surface area contributed by atoms with Crippen LogP contribution in [0.15, 0.2) is 29.1 Å². The number of nitrogens with two attached hydrogens (primary N) is 1. The zero-order valence-corrected chi connectivity index (χ0v) is 13.1. The Hall–Kier alpha value is -3.43. The van der Waals surface area contributed by atoms with E-state index in [9.17, 15) is 23.9 Å². The molecule has 1 aromatic carbocycles. The van der Waals surface area contributed by atoms with Gasteiger partial charge in [-0.3, -0.25) is 24.0 Å². The Balaban J connectivity index is 2.13. The highest BCUT2D eigenvalue weighted by atomic mass is 19.1. The Morgan fingerprint density at radius 3 is 2.56 bits per heavy atom. The van der Waals surface area contributed by atoms with Crippen molar-refractivity contribution in [1.29, 1.82) is 0 Å². The lowest BCUT2D eigenvalue weighted by Gasteiger charge is -2.38. The smallest absolute Gasteiger partial charge is 0.298 e. The second-order valence-corrected chi connectivity index (χ2v) is 5.47. The summed E-state index contributed by atoms with van der Waals surface area (Å²) in [7, 11) is 1.47. The lowest BCUT2D eigenvalue weighted by Crippen LogP contribution is -2.53. The third-order valence-electron chi connectivity index (χ3n) is 3.85. The number of aromatic hydroxyl groups is 1. The van der Waals surface area contributed by atoms with Gasteiger partial charge in [-0.2, -0.15) is 0 Å². The van der Waals surface area contributed by atoms with E-state index in [1.54, 1.807) is 0 Å². The minimum atomic E-state index is -1.07. The van der Waals surface area contributed by atoms with Gasteiger partial charge in [0.15, 0.2) is 5.69 Å². The van der Waals surface area contributed by atoms with Crippen molar-refractivity contribution in [2.45, 2.75) is 13.1 Å². The fraction of sp³-hybridized carbons (Fsp3) is 0.200. The van der Waals surface area contributed by atoms with Gasteiger partial charge < -0.3 is 10.8 Å². The number of likely N-dealkylation sites (N-methyl/N-ethyl adjacent to an activating group) is 1. The summed E-state index contributed by atoms with van der Waals surface area (Å²) >= 11 is 0. The molecule has 0 spiro atoms. The molecule has 1 aromatic heterocycles. The molecule has 0 unspecified atom stereocenters. The molecule has 0 atom stereocenters. The first-order valence-corrected chi connectivity index (χ1v) is 7.21. The number of amides is 2. The number of hydrogen-bond acceptors (Lipinski definition) is 6. The van der Waals surface area contributed by atoms with E-state index in [-0.39, 0.29) is 19.0 Å². The minimum Gasteiger partial charge on any atom is -0.501 e. The number of nitrogens with zero attached hydrogens (tertiary/aromatic N) is 4. The molecule has 3 rings (SSSR count). The van der Waals surface area contributed by atoms with Crippen molar-refractivity contribution in [2.75, 3.05) is 12.1 Å². The first-order valence-electron chi connectivity index (χ1n) is 7.21. The fourth-order valence-electron chi connectivity index (χ4n) is 2.49. The molecule has 0 fully saturated rings. The number of carbonyl (C=O) groups excluding carboxylic acids is 2. The van der Waals surface area contributed by atoms with Crippen molar-refractivity contribution in [1.82, 2.24) is 14.6 Å². The average Bonchev–Trinajstić information content (AvgIpc) is 2.57. The summed E-state index contributed by atoms with van der Waals surface area (Å²) in [4.78, 5) is 39.8. The third kappa shape index (κ3) is 2.77. The van der Waals surface area contributed by atoms with Crippen LogP contribution in [0, 0.1) is 5.82 Å². The lowest BCUT2D eigenvalue weighted by atomic mass is 10.2. The van der Waals surface area contributed by atoms with Gasteiger partial charge in [0.1, 0.15) is 12.4 Å². The molecular weight excluding hydrogens is 333 g/mol. The van der Waals surface area contributed by atoms with Gasteiger partial charge in [0, 0.05) is 7.05 Å².